The molecule has 5 rings (SSSR count). The summed E-state index contributed by atoms with van der Waals surface area (Å²) in [5.41, 5.74) is 4.25. The van der Waals surface area contributed by atoms with Crippen molar-refractivity contribution in [3.63, 3.8) is 0 Å². The van der Waals surface area contributed by atoms with Gasteiger partial charge in [-0.2, -0.15) is 0 Å². The Morgan fingerprint density at radius 2 is 1.54 bits per heavy atom. The second-order valence-corrected chi connectivity index (χ2v) is 6.03. The van der Waals surface area contributed by atoms with E-state index in [4.69, 9.17) is 0 Å². The van der Waals surface area contributed by atoms with Crippen molar-refractivity contribution in [1.82, 2.24) is 14.5 Å². The lowest BCUT2D eigenvalue weighted by atomic mass is 10.0. The molecular formula is C21H15N3. The third kappa shape index (κ3) is 1.72. The molecule has 0 fully saturated rings. The maximum atomic E-state index is 4.62. The zero-order valence-electron chi connectivity index (χ0n) is 13.3. The predicted molar refractivity (Wildman–Crippen MR) is 99.0 cm³/mol. The van der Waals surface area contributed by atoms with Crippen molar-refractivity contribution in [2.24, 2.45) is 7.05 Å². The fraction of sp³-hybridized carbons (Fsp3) is 0.0476. The summed E-state index contributed by atoms with van der Waals surface area (Å²) in [6, 6.07) is 23.2. The van der Waals surface area contributed by atoms with E-state index in [9.17, 15) is 0 Å². The normalized spacial score (nSPS) is 11.5. The minimum atomic E-state index is 0.968. The van der Waals surface area contributed by atoms with Crippen LogP contribution in [0.15, 0.2) is 73.1 Å². The van der Waals surface area contributed by atoms with E-state index in [1.165, 1.54) is 21.7 Å². The Hall–Kier alpha value is -3.20. The first-order valence-electron chi connectivity index (χ1n) is 8.01. The molecule has 0 spiro atoms. The molecule has 0 aliphatic carbocycles. The molecule has 2 heterocycles. The lowest BCUT2D eigenvalue weighted by Crippen LogP contribution is -1.91. The highest BCUT2D eigenvalue weighted by molar-refractivity contribution is 6.23. The van der Waals surface area contributed by atoms with E-state index in [0.29, 0.717) is 0 Å². The molecule has 0 saturated heterocycles. The molecule has 0 aliphatic heterocycles. The summed E-state index contributed by atoms with van der Waals surface area (Å²) < 4.78 is 2.16. The molecule has 2 aromatic heterocycles. The Bertz CT molecular complexity index is 1200. The maximum Gasteiger partial charge on any atom is 0.144 e. The Balaban J connectivity index is 2.07. The summed E-state index contributed by atoms with van der Waals surface area (Å²) in [5.74, 6) is 0. The number of nitrogens with zero attached hydrogens (tertiary/aromatic N) is 3. The van der Waals surface area contributed by atoms with E-state index < -0.39 is 0 Å². The number of benzene rings is 3. The van der Waals surface area contributed by atoms with Gasteiger partial charge in [-0.15, -0.1) is 0 Å². The van der Waals surface area contributed by atoms with Crippen LogP contribution in [0.3, 0.4) is 0 Å². The van der Waals surface area contributed by atoms with Gasteiger partial charge < -0.3 is 4.57 Å². The van der Waals surface area contributed by atoms with Crippen LogP contribution in [0.25, 0.3) is 44.0 Å². The third-order valence-corrected chi connectivity index (χ3v) is 4.71. The molecule has 0 amide bonds. The number of hydrogen-bond acceptors (Lipinski definition) is 2. The Morgan fingerprint density at radius 3 is 2.42 bits per heavy atom. The van der Waals surface area contributed by atoms with Gasteiger partial charge in [-0.05, 0) is 16.8 Å². The van der Waals surface area contributed by atoms with Gasteiger partial charge in [0, 0.05) is 18.0 Å². The molecule has 24 heavy (non-hydrogen) atoms. The molecule has 3 heteroatoms. The zero-order chi connectivity index (χ0) is 16.1. The quantitative estimate of drug-likeness (QED) is 0.439. The van der Waals surface area contributed by atoms with Crippen molar-refractivity contribution in [2.75, 3.05) is 0 Å². The van der Waals surface area contributed by atoms with Crippen molar-refractivity contribution < 1.29 is 0 Å². The summed E-state index contributed by atoms with van der Waals surface area (Å²) in [6.07, 6.45) is 1.66. The Morgan fingerprint density at radius 1 is 0.750 bits per heavy atom. The monoisotopic (exact) mass is 309 g/mol. The fourth-order valence-electron chi connectivity index (χ4n) is 3.59. The van der Waals surface area contributed by atoms with Gasteiger partial charge >= 0.3 is 0 Å². The lowest BCUT2D eigenvalue weighted by molar-refractivity contribution is 0.983. The van der Waals surface area contributed by atoms with E-state index in [-0.39, 0.29) is 0 Å². The number of aromatic nitrogens is 3. The van der Waals surface area contributed by atoms with Crippen molar-refractivity contribution in [3.05, 3.63) is 73.1 Å². The van der Waals surface area contributed by atoms with Crippen LogP contribution in [0.1, 0.15) is 0 Å². The van der Waals surface area contributed by atoms with Gasteiger partial charge in [-0.1, -0.05) is 60.7 Å². The van der Waals surface area contributed by atoms with Crippen molar-refractivity contribution in [3.8, 4) is 11.3 Å². The van der Waals surface area contributed by atoms with E-state index in [0.717, 1.165) is 22.3 Å². The summed E-state index contributed by atoms with van der Waals surface area (Å²) in [6.45, 7) is 0. The van der Waals surface area contributed by atoms with Gasteiger partial charge in [0.1, 0.15) is 12.0 Å². The second-order valence-electron chi connectivity index (χ2n) is 6.03. The number of rotatable bonds is 1. The molecule has 0 radical (unpaired) electrons. The first kappa shape index (κ1) is 13.3. The largest absolute Gasteiger partial charge is 0.328 e. The SMILES string of the molecule is Cn1c2ccc3ccccc3c2c2c(-c3ccccc3)ncnc21. The highest BCUT2D eigenvalue weighted by Crippen LogP contribution is 2.37. The van der Waals surface area contributed by atoms with Crippen LogP contribution in [0.2, 0.25) is 0 Å². The van der Waals surface area contributed by atoms with Crippen LogP contribution in [0, 0.1) is 0 Å². The van der Waals surface area contributed by atoms with Gasteiger partial charge in [0.25, 0.3) is 0 Å². The standard InChI is InChI=1S/C21H15N3/c1-24-17-12-11-14-7-5-6-10-16(14)18(17)19-20(22-13-23-21(19)24)15-8-3-2-4-9-15/h2-13H,1H3. The molecule has 5 aromatic rings. The van der Waals surface area contributed by atoms with E-state index in [1.54, 1.807) is 6.33 Å². The molecule has 0 saturated carbocycles. The third-order valence-electron chi connectivity index (χ3n) is 4.71. The van der Waals surface area contributed by atoms with Gasteiger partial charge in [-0.3, -0.25) is 0 Å². The maximum absolute atomic E-state index is 4.62. The number of hydrogen-bond donors (Lipinski definition) is 0. The summed E-state index contributed by atoms with van der Waals surface area (Å²) in [4.78, 5) is 9.19. The molecule has 0 aliphatic rings. The van der Waals surface area contributed by atoms with Crippen molar-refractivity contribution >= 4 is 32.7 Å². The molecule has 0 bridgehead atoms. The predicted octanol–water partition coefficient (Wildman–Crippen LogP) is 4.94. The van der Waals surface area contributed by atoms with Crippen LogP contribution in [-0.2, 0) is 7.05 Å². The molecular weight excluding hydrogens is 294 g/mol. The minimum absolute atomic E-state index is 0.968. The molecule has 3 aromatic carbocycles. The van der Waals surface area contributed by atoms with E-state index in [2.05, 4.69) is 70.1 Å². The second kappa shape index (κ2) is 4.90. The first-order valence-corrected chi connectivity index (χ1v) is 8.01. The smallest absolute Gasteiger partial charge is 0.144 e. The van der Waals surface area contributed by atoms with Crippen LogP contribution in [-0.4, -0.2) is 14.5 Å². The Kier molecular flexibility index (Phi) is 2.71. The van der Waals surface area contributed by atoms with Crippen LogP contribution >= 0.6 is 0 Å². The summed E-state index contributed by atoms with van der Waals surface area (Å²) in [7, 11) is 2.07. The van der Waals surface area contributed by atoms with Crippen molar-refractivity contribution in [1.29, 1.82) is 0 Å². The van der Waals surface area contributed by atoms with Gasteiger partial charge in [-0.25, -0.2) is 9.97 Å². The fourth-order valence-corrected chi connectivity index (χ4v) is 3.59. The average molecular weight is 309 g/mol. The number of aryl methyl sites for hydroxylation is 1. The lowest BCUT2D eigenvalue weighted by Gasteiger charge is -2.04. The van der Waals surface area contributed by atoms with Crippen LogP contribution in [0.5, 0.6) is 0 Å². The molecule has 114 valence electrons. The van der Waals surface area contributed by atoms with Crippen LogP contribution in [0.4, 0.5) is 0 Å². The molecule has 0 atom stereocenters. The van der Waals surface area contributed by atoms with Gasteiger partial charge in [0.2, 0.25) is 0 Å². The van der Waals surface area contributed by atoms with Gasteiger partial charge in [0.05, 0.1) is 16.6 Å². The molecule has 0 N–H and O–H groups in total. The molecule has 3 nitrogen and oxygen atoms in total. The Labute approximate surface area is 139 Å². The highest BCUT2D eigenvalue weighted by atomic mass is 15.0. The van der Waals surface area contributed by atoms with Gasteiger partial charge in [0.15, 0.2) is 0 Å². The van der Waals surface area contributed by atoms with E-state index >= 15 is 0 Å². The molecule has 0 unspecified atom stereocenters. The summed E-state index contributed by atoms with van der Waals surface area (Å²) >= 11 is 0. The minimum Gasteiger partial charge on any atom is -0.328 e. The van der Waals surface area contributed by atoms with Crippen molar-refractivity contribution in [2.45, 2.75) is 0 Å². The average Bonchev–Trinajstić information content (AvgIpc) is 2.96. The summed E-state index contributed by atoms with van der Waals surface area (Å²) in [5, 5.41) is 4.83. The van der Waals surface area contributed by atoms with Crippen LogP contribution < -0.4 is 0 Å². The highest BCUT2D eigenvalue weighted by Gasteiger charge is 2.17. The zero-order valence-corrected chi connectivity index (χ0v) is 13.3. The topological polar surface area (TPSA) is 30.7 Å². The number of fused-ring (bicyclic) bond motifs is 5. The van der Waals surface area contributed by atoms with E-state index in [1.807, 2.05) is 18.2 Å². The first-order chi connectivity index (χ1) is 11.8.